The molecule has 1 saturated heterocycles. The van der Waals surface area contributed by atoms with Crippen LogP contribution in [-0.2, 0) is 0 Å². The highest BCUT2D eigenvalue weighted by Crippen LogP contribution is 2.44. The molecule has 1 aromatic carbocycles. The summed E-state index contributed by atoms with van der Waals surface area (Å²) >= 11 is 4.96. The fourth-order valence-corrected chi connectivity index (χ4v) is 6.06. The van der Waals surface area contributed by atoms with E-state index in [4.69, 9.17) is 0 Å². The number of likely N-dealkylation sites (tertiary alicyclic amines) is 1. The Bertz CT molecular complexity index is 1120. The van der Waals surface area contributed by atoms with E-state index in [2.05, 4.69) is 66.2 Å². The molecule has 160 valence electrons. The maximum atomic E-state index is 13.8. The SMILES string of the molecule is Cc1cccc(-c2sc(C)nc2C(=O)N2[C@@H]3CC[C@@H](C3)[C@H]2CNc2ncc(Br)cn2)c1. The molecular formula is C23H24BrN5OS. The van der Waals surface area contributed by atoms with Gasteiger partial charge in [0, 0.05) is 25.0 Å². The zero-order valence-corrected chi connectivity index (χ0v) is 19.9. The minimum Gasteiger partial charge on any atom is -0.352 e. The third-order valence-corrected chi connectivity index (χ3v) is 7.71. The lowest BCUT2D eigenvalue weighted by atomic mass is 9.98. The first-order valence-corrected chi connectivity index (χ1v) is 12.2. The molecule has 2 aromatic heterocycles. The normalized spacial score (nSPS) is 22.2. The quantitative estimate of drug-likeness (QED) is 0.531. The minimum absolute atomic E-state index is 0.0524. The molecule has 0 unspecified atom stereocenters. The molecule has 8 heteroatoms. The molecule has 1 N–H and O–H groups in total. The van der Waals surface area contributed by atoms with Crippen LogP contribution in [0.4, 0.5) is 5.95 Å². The predicted octanol–water partition coefficient (Wildman–Crippen LogP) is 5.08. The molecule has 3 atom stereocenters. The van der Waals surface area contributed by atoms with E-state index in [0.717, 1.165) is 32.8 Å². The number of nitrogens with one attached hydrogen (secondary N) is 1. The standard InChI is InChI=1S/C23H24BrN5OS/c1-13-4-3-5-16(8-13)21-20(28-14(2)31-21)22(30)29-18-7-6-15(9-18)19(29)12-27-23-25-10-17(24)11-26-23/h3-5,8,10-11,15,18-19H,6-7,9,12H2,1-2H3,(H,25,26,27)/t15-,18+,19+/m0/s1. The van der Waals surface area contributed by atoms with Gasteiger partial charge < -0.3 is 10.2 Å². The third kappa shape index (κ3) is 3.99. The number of hydrogen-bond donors (Lipinski definition) is 1. The maximum Gasteiger partial charge on any atom is 0.274 e. The molecule has 1 saturated carbocycles. The number of carbonyl (C=O) groups excluding carboxylic acids is 1. The second-order valence-corrected chi connectivity index (χ2v) is 10.5. The van der Waals surface area contributed by atoms with Crippen LogP contribution < -0.4 is 5.32 Å². The summed E-state index contributed by atoms with van der Waals surface area (Å²) in [6.07, 6.45) is 6.77. The Hall–Kier alpha value is -2.32. The maximum absolute atomic E-state index is 13.8. The molecular weight excluding hydrogens is 474 g/mol. The molecule has 1 amide bonds. The molecule has 5 rings (SSSR count). The lowest BCUT2D eigenvalue weighted by Crippen LogP contribution is -2.48. The number of rotatable bonds is 5. The zero-order chi connectivity index (χ0) is 21.5. The molecule has 6 nitrogen and oxygen atoms in total. The highest BCUT2D eigenvalue weighted by molar-refractivity contribution is 9.10. The van der Waals surface area contributed by atoms with Gasteiger partial charge in [-0.3, -0.25) is 4.79 Å². The number of fused-ring (bicyclic) bond motifs is 2. The highest BCUT2D eigenvalue weighted by atomic mass is 79.9. The van der Waals surface area contributed by atoms with E-state index in [1.165, 1.54) is 12.0 Å². The van der Waals surface area contributed by atoms with Crippen LogP contribution in [0.3, 0.4) is 0 Å². The number of benzene rings is 1. The number of hydrogen-bond acceptors (Lipinski definition) is 6. The third-order valence-electron chi connectivity index (χ3n) is 6.28. The molecule has 2 aliphatic rings. The van der Waals surface area contributed by atoms with Gasteiger partial charge in [0.1, 0.15) is 5.69 Å². The van der Waals surface area contributed by atoms with Gasteiger partial charge in [-0.2, -0.15) is 0 Å². The number of thiazole rings is 1. The van der Waals surface area contributed by atoms with Gasteiger partial charge in [-0.25, -0.2) is 15.0 Å². The van der Waals surface area contributed by atoms with Gasteiger partial charge in [-0.1, -0.05) is 29.8 Å². The number of anilines is 1. The predicted molar refractivity (Wildman–Crippen MR) is 126 cm³/mol. The Morgan fingerprint density at radius 2 is 2.06 bits per heavy atom. The second-order valence-electron chi connectivity index (χ2n) is 8.39. The van der Waals surface area contributed by atoms with Crippen molar-refractivity contribution in [2.75, 3.05) is 11.9 Å². The minimum atomic E-state index is 0.0524. The van der Waals surface area contributed by atoms with Crippen LogP contribution >= 0.6 is 27.3 Å². The first-order chi connectivity index (χ1) is 15.0. The molecule has 0 spiro atoms. The topological polar surface area (TPSA) is 71.0 Å². The van der Waals surface area contributed by atoms with Crippen molar-refractivity contribution in [2.24, 2.45) is 5.92 Å². The largest absolute Gasteiger partial charge is 0.352 e. The molecule has 0 radical (unpaired) electrons. The summed E-state index contributed by atoms with van der Waals surface area (Å²) in [6, 6.07) is 8.73. The van der Waals surface area contributed by atoms with Crippen molar-refractivity contribution in [3.05, 3.63) is 57.4 Å². The first-order valence-electron chi connectivity index (χ1n) is 10.6. The Balaban J connectivity index is 1.42. The number of aryl methyl sites for hydroxylation is 2. The average molecular weight is 498 g/mol. The van der Waals surface area contributed by atoms with Crippen molar-refractivity contribution in [1.29, 1.82) is 0 Å². The van der Waals surface area contributed by atoms with E-state index >= 15 is 0 Å². The van der Waals surface area contributed by atoms with Crippen molar-refractivity contribution in [3.8, 4) is 10.4 Å². The Labute approximate surface area is 194 Å². The molecule has 31 heavy (non-hydrogen) atoms. The van der Waals surface area contributed by atoms with E-state index in [1.54, 1.807) is 23.7 Å². The summed E-state index contributed by atoms with van der Waals surface area (Å²) in [5.74, 6) is 1.15. The average Bonchev–Trinajstić information content (AvgIpc) is 3.47. The Morgan fingerprint density at radius 3 is 2.84 bits per heavy atom. The number of carbonyl (C=O) groups is 1. The zero-order valence-electron chi connectivity index (χ0n) is 17.5. The number of amides is 1. The van der Waals surface area contributed by atoms with Crippen LogP contribution in [0.5, 0.6) is 0 Å². The summed E-state index contributed by atoms with van der Waals surface area (Å²) in [5, 5.41) is 4.26. The van der Waals surface area contributed by atoms with Gasteiger partial charge >= 0.3 is 0 Å². The van der Waals surface area contributed by atoms with Crippen LogP contribution in [0.15, 0.2) is 41.1 Å². The van der Waals surface area contributed by atoms with Crippen molar-refractivity contribution in [3.63, 3.8) is 0 Å². The second kappa shape index (κ2) is 8.31. The van der Waals surface area contributed by atoms with Crippen molar-refractivity contribution in [1.82, 2.24) is 19.9 Å². The Kier molecular flexibility index (Phi) is 5.52. The molecule has 3 heterocycles. The van der Waals surface area contributed by atoms with E-state index in [1.807, 2.05) is 13.0 Å². The van der Waals surface area contributed by atoms with Crippen molar-refractivity contribution >= 4 is 39.1 Å². The lowest BCUT2D eigenvalue weighted by Gasteiger charge is -2.35. The smallest absolute Gasteiger partial charge is 0.274 e. The fourth-order valence-electron chi connectivity index (χ4n) is 4.95. The van der Waals surface area contributed by atoms with Gasteiger partial charge in [0.2, 0.25) is 5.95 Å². The summed E-state index contributed by atoms with van der Waals surface area (Å²) in [5.41, 5.74) is 2.83. The van der Waals surface area contributed by atoms with Gasteiger partial charge in [0.05, 0.1) is 20.4 Å². The van der Waals surface area contributed by atoms with E-state index in [-0.39, 0.29) is 11.9 Å². The molecule has 3 aromatic rings. The fraction of sp³-hybridized carbons (Fsp3) is 0.391. The molecule has 2 bridgehead atoms. The highest BCUT2D eigenvalue weighted by Gasteiger charge is 2.48. The van der Waals surface area contributed by atoms with Crippen molar-refractivity contribution in [2.45, 2.75) is 45.2 Å². The van der Waals surface area contributed by atoms with Crippen LogP contribution in [0.2, 0.25) is 0 Å². The van der Waals surface area contributed by atoms with Gasteiger partial charge in [-0.05, 0) is 60.5 Å². The van der Waals surface area contributed by atoms with E-state index in [9.17, 15) is 4.79 Å². The van der Waals surface area contributed by atoms with E-state index in [0.29, 0.717) is 30.1 Å². The van der Waals surface area contributed by atoms with Crippen LogP contribution in [-0.4, -0.2) is 44.4 Å². The van der Waals surface area contributed by atoms with E-state index < -0.39 is 0 Å². The number of halogens is 1. The monoisotopic (exact) mass is 497 g/mol. The van der Waals surface area contributed by atoms with Gasteiger partial charge in [0.25, 0.3) is 5.91 Å². The van der Waals surface area contributed by atoms with Gasteiger partial charge in [0.15, 0.2) is 0 Å². The van der Waals surface area contributed by atoms with Gasteiger partial charge in [-0.15, -0.1) is 11.3 Å². The summed E-state index contributed by atoms with van der Waals surface area (Å²) < 4.78 is 0.845. The molecule has 1 aliphatic carbocycles. The molecule has 2 fully saturated rings. The summed E-state index contributed by atoms with van der Waals surface area (Å²) in [7, 11) is 0. The first kappa shape index (κ1) is 20.6. The van der Waals surface area contributed by atoms with Crippen molar-refractivity contribution < 1.29 is 4.79 Å². The number of aromatic nitrogens is 3. The van der Waals surface area contributed by atoms with Crippen LogP contribution in [0, 0.1) is 19.8 Å². The lowest BCUT2D eigenvalue weighted by molar-refractivity contribution is 0.0602. The summed E-state index contributed by atoms with van der Waals surface area (Å²) in [6.45, 7) is 4.70. The number of piperidine rings is 1. The summed E-state index contributed by atoms with van der Waals surface area (Å²) in [4.78, 5) is 30.2. The number of nitrogens with zero attached hydrogens (tertiary/aromatic N) is 4. The van der Waals surface area contributed by atoms with Crippen LogP contribution in [0.1, 0.15) is 40.3 Å². The molecule has 1 aliphatic heterocycles. The Morgan fingerprint density at radius 1 is 1.26 bits per heavy atom. The van der Waals surface area contributed by atoms with Crippen LogP contribution in [0.25, 0.3) is 10.4 Å².